The number of aliphatic hydroxyl groups excluding tert-OH is 1. The van der Waals surface area contributed by atoms with Gasteiger partial charge in [-0.3, -0.25) is 4.79 Å². The molecule has 0 bridgehead atoms. The molecule has 0 radical (unpaired) electrons. The molecule has 0 heterocycles. The van der Waals surface area contributed by atoms with Gasteiger partial charge in [0.15, 0.2) is 0 Å². The Balaban J connectivity index is 2.15. The third-order valence-electron chi connectivity index (χ3n) is 2.95. The van der Waals surface area contributed by atoms with E-state index in [4.69, 9.17) is 0 Å². The molecule has 5 heteroatoms. The predicted octanol–water partition coefficient (Wildman–Crippen LogP) is -0.163. The molecule has 78 valence electrons. The van der Waals surface area contributed by atoms with Gasteiger partial charge in [-0.25, -0.2) is 9.18 Å². The Morgan fingerprint density at radius 1 is 1.79 bits per heavy atom. The Labute approximate surface area is 80.0 Å². The highest BCUT2D eigenvalue weighted by atomic mass is 19.1. The summed E-state index contributed by atoms with van der Waals surface area (Å²) in [5.41, 5.74) is -2.25. The number of esters is 1. The minimum atomic E-state index is -2.25. The van der Waals surface area contributed by atoms with Gasteiger partial charge in [0, 0.05) is 12.3 Å². The smallest absolute Gasteiger partial charge is 0.345 e. The Morgan fingerprint density at radius 2 is 2.43 bits per heavy atom. The lowest BCUT2D eigenvalue weighted by atomic mass is 10.1. The zero-order valence-electron chi connectivity index (χ0n) is 7.70. The quantitative estimate of drug-likeness (QED) is 0.632. The maximum absolute atomic E-state index is 13.8. The highest BCUT2D eigenvalue weighted by Gasteiger charge is 2.80. The van der Waals surface area contributed by atoms with E-state index < -0.39 is 29.6 Å². The van der Waals surface area contributed by atoms with Crippen LogP contribution in [0.25, 0.3) is 0 Å². The van der Waals surface area contributed by atoms with Crippen LogP contribution >= 0.6 is 0 Å². The summed E-state index contributed by atoms with van der Waals surface area (Å²) in [6.45, 7) is 1.64. The number of hydrogen-bond donors (Lipinski definition) is 1. The van der Waals surface area contributed by atoms with E-state index in [2.05, 4.69) is 4.74 Å². The first-order valence-corrected chi connectivity index (χ1v) is 4.60. The molecule has 2 rings (SSSR count). The number of aliphatic hydroxyl groups is 1. The normalized spacial score (nSPS) is 44.8. The minimum absolute atomic E-state index is 0.0413. The summed E-state index contributed by atoms with van der Waals surface area (Å²) in [4.78, 5) is 22.3. The first-order valence-electron chi connectivity index (χ1n) is 4.60. The summed E-state index contributed by atoms with van der Waals surface area (Å²) >= 11 is 0. The van der Waals surface area contributed by atoms with Crippen LogP contribution in [0, 0.1) is 11.8 Å². The number of Topliss-reactive ketones (excluding diaryl/α,β-unsaturated/α-hetero) is 1. The molecular weight excluding hydrogens is 191 g/mol. The van der Waals surface area contributed by atoms with Gasteiger partial charge in [0.2, 0.25) is 5.67 Å². The lowest BCUT2D eigenvalue weighted by Crippen LogP contribution is -2.31. The molecule has 0 spiro atoms. The van der Waals surface area contributed by atoms with Crippen molar-refractivity contribution in [2.24, 2.45) is 11.8 Å². The first kappa shape index (κ1) is 9.58. The maximum atomic E-state index is 13.8. The van der Waals surface area contributed by atoms with Gasteiger partial charge in [0.05, 0.1) is 18.6 Å². The monoisotopic (exact) mass is 202 g/mol. The van der Waals surface area contributed by atoms with Crippen LogP contribution in [0.15, 0.2) is 0 Å². The fraction of sp³-hybridized carbons (Fsp3) is 0.778. The van der Waals surface area contributed by atoms with E-state index >= 15 is 0 Å². The van der Waals surface area contributed by atoms with Gasteiger partial charge in [-0.15, -0.1) is 0 Å². The number of ether oxygens (including phenoxy) is 1. The molecule has 4 atom stereocenters. The molecular formula is C9H11FO4. The van der Waals surface area contributed by atoms with Crippen LogP contribution in [-0.2, 0) is 14.3 Å². The number of rotatable bonds is 2. The van der Waals surface area contributed by atoms with E-state index in [0.29, 0.717) is 0 Å². The van der Waals surface area contributed by atoms with Crippen molar-refractivity contribution in [2.75, 3.05) is 6.61 Å². The topological polar surface area (TPSA) is 63.6 Å². The van der Waals surface area contributed by atoms with E-state index in [1.165, 1.54) is 0 Å². The fourth-order valence-corrected chi connectivity index (χ4v) is 2.28. The fourth-order valence-electron chi connectivity index (χ4n) is 2.28. The Kier molecular flexibility index (Phi) is 1.89. The third kappa shape index (κ3) is 0.958. The van der Waals surface area contributed by atoms with Gasteiger partial charge >= 0.3 is 5.97 Å². The Hall–Kier alpha value is -0.970. The van der Waals surface area contributed by atoms with Crippen LogP contribution in [0.1, 0.15) is 13.3 Å². The molecule has 2 aliphatic carbocycles. The molecule has 0 amide bonds. The largest absolute Gasteiger partial charge is 0.464 e. The average Bonchev–Trinajstić information content (AvgIpc) is 2.62. The van der Waals surface area contributed by atoms with Crippen molar-refractivity contribution >= 4 is 11.8 Å². The molecule has 0 unspecified atom stereocenters. The van der Waals surface area contributed by atoms with Crippen LogP contribution in [0.3, 0.4) is 0 Å². The second kappa shape index (κ2) is 2.76. The third-order valence-corrected chi connectivity index (χ3v) is 2.95. The number of fused-ring (bicyclic) bond motifs is 1. The molecule has 2 fully saturated rings. The van der Waals surface area contributed by atoms with Gasteiger partial charge < -0.3 is 9.84 Å². The maximum Gasteiger partial charge on any atom is 0.345 e. The average molecular weight is 202 g/mol. The summed E-state index contributed by atoms with van der Waals surface area (Å²) in [7, 11) is 0. The van der Waals surface area contributed by atoms with Gasteiger partial charge in [0.1, 0.15) is 5.78 Å². The standard InChI is InChI=1S/C9H11FO4/c1-2-14-8(13)9(10)6-4(11)3-5(12)7(6)9/h4,6-7,11H,2-3H2,1H3/t4-,6+,7-,9+/m1/s1. The zero-order chi connectivity index (χ0) is 10.5. The van der Waals surface area contributed by atoms with Crippen LogP contribution in [0.2, 0.25) is 0 Å². The SMILES string of the molecule is CCOC(=O)[C@]1(F)[C@H]2[C@H](O)CC(=O)[C@H]21. The molecule has 2 aliphatic rings. The summed E-state index contributed by atoms with van der Waals surface area (Å²) in [5, 5.41) is 9.29. The van der Waals surface area contributed by atoms with E-state index in [1.807, 2.05) is 0 Å². The zero-order valence-corrected chi connectivity index (χ0v) is 7.70. The highest BCUT2D eigenvalue weighted by Crippen LogP contribution is 2.61. The minimum Gasteiger partial charge on any atom is -0.464 e. The van der Waals surface area contributed by atoms with Gasteiger partial charge in [-0.05, 0) is 6.92 Å². The Morgan fingerprint density at radius 3 is 2.86 bits per heavy atom. The van der Waals surface area contributed by atoms with Crippen LogP contribution in [0.5, 0.6) is 0 Å². The molecule has 0 aromatic carbocycles. The molecule has 4 nitrogen and oxygen atoms in total. The van der Waals surface area contributed by atoms with E-state index in [0.717, 1.165) is 0 Å². The number of halogens is 1. The predicted molar refractivity (Wildman–Crippen MR) is 43.1 cm³/mol. The number of hydrogen-bond acceptors (Lipinski definition) is 4. The second-order valence-corrected chi connectivity index (χ2v) is 3.73. The van der Waals surface area contributed by atoms with Crippen LogP contribution in [0.4, 0.5) is 4.39 Å². The lowest BCUT2D eigenvalue weighted by Gasteiger charge is -2.12. The molecule has 0 saturated heterocycles. The van der Waals surface area contributed by atoms with Crippen molar-refractivity contribution in [3.8, 4) is 0 Å². The summed E-state index contributed by atoms with van der Waals surface area (Å²) in [6, 6.07) is 0. The van der Waals surface area contributed by atoms with Gasteiger partial charge in [-0.1, -0.05) is 0 Å². The second-order valence-electron chi connectivity index (χ2n) is 3.73. The molecule has 0 aromatic heterocycles. The van der Waals surface area contributed by atoms with E-state index in [-0.39, 0.29) is 18.8 Å². The molecule has 0 aliphatic heterocycles. The molecule has 2 saturated carbocycles. The lowest BCUT2D eigenvalue weighted by molar-refractivity contribution is -0.154. The number of carbonyl (C=O) groups excluding carboxylic acids is 2. The van der Waals surface area contributed by atoms with Gasteiger partial charge in [-0.2, -0.15) is 0 Å². The van der Waals surface area contributed by atoms with Crippen molar-refractivity contribution in [3.63, 3.8) is 0 Å². The van der Waals surface area contributed by atoms with Gasteiger partial charge in [0.25, 0.3) is 0 Å². The van der Waals surface area contributed by atoms with Crippen LogP contribution in [-0.4, -0.2) is 35.2 Å². The molecule has 0 aromatic rings. The van der Waals surface area contributed by atoms with Crippen molar-refractivity contribution in [3.05, 3.63) is 0 Å². The van der Waals surface area contributed by atoms with Crippen molar-refractivity contribution in [1.82, 2.24) is 0 Å². The Bertz CT molecular complexity index is 303. The van der Waals surface area contributed by atoms with Crippen LogP contribution < -0.4 is 0 Å². The number of alkyl halides is 1. The summed E-state index contributed by atoms with van der Waals surface area (Å²) in [6.07, 6.45) is -1.07. The highest BCUT2D eigenvalue weighted by molar-refractivity contribution is 6.00. The summed E-state index contributed by atoms with van der Waals surface area (Å²) in [5.74, 6) is -3.22. The number of carbonyl (C=O) groups is 2. The number of ketones is 1. The first-order chi connectivity index (χ1) is 6.53. The summed E-state index contributed by atoms with van der Waals surface area (Å²) < 4.78 is 18.4. The van der Waals surface area contributed by atoms with Crippen molar-refractivity contribution in [1.29, 1.82) is 0 Å². The van der Waals surface area contributed by atoms with Crippen molar-refractivity contribution < 1.29 is 23.8 Å². The van der Waals surface area contributed by atoms with E-state index in [9.17, 15) is 19.1 Å². The van der Waals surface area contributed by atoms with Crippen molar-refractivity contribution in [2.45, 2.75) is 25.1 Å². The molecule has 1 N–H and O–H groups in total. The molecule has 14 heavy (non-hydrogen) atoms. The van der Waals surface area contributed by atoms with E-state index in [1.54, 1.807) is 6.92 Å².